The summed E-state index contributed by atoms with van der Waals surface area (Å²) in [5, 5.41) is 8.71. The lowest BCUT2D eigenvalue weighted by atomic mass is 9.98. The lowest BCUT2D eigenvalue weighted by Gasteiger charge is -2.23. The Balaban J connectivity index is 0.000000277. The third kappa shape index (κ3) is 6.96. The molecule has 0 atom stereocenters. The van der Waals surface area contributed by atoms with Crippen molar-refractivity contribution in [3.63, 3.8) is 0 Å². The molecule has 0 saturated heterocycles. The molecular formula is C15H21F2N3O3. The molecule has 0 heterocycles. The van der Waals surface area contributed by atoms with Crippen LogP contribution in [-0.4, -0.2) is 17.2 Å². The number of nitrogens with two attached hydrogens (primary N) is 2. The minimum Gasteiger partial charge on any atom is -0.476 e. The molecule has 0 amide bonds. The highest BCUT2D eigenvalue weighted by Gasteiger charge is 2.19. The topological polar surface area (TPSA) is 111 Å². The van der Waals surface area contributed by atoms with E-state index in [4.69, 9.17) is 21.4 Å². The number of ether oxygens (including phenoxy) is 1. The smallest absolute Gasteiger partial charge is 0.358 e. The molecule has 0 spiro atoms. The Hall–Kier alpha value is -2.35. The zero-order valence-electron chi connectivity index (χ0n) is 12.6. The van der Waals surface area contributed by atoms with Crippen LogP contribution in [0.2, 0.25) is 0 Å². The van der Waals surface area contributed by atoms with E-state index in [-0.39, 0.29) is 17.7 Å². The second-order valence-corrected chi connectivity index (χ2v) is 5.01. The number of carboxylic acid groups (broad SMARTS) is 1. The number of hydrogen-bond acceptors (Lipinski definition) is 5. The molecule has 6 N–H and O–H groups in total. The molecule has 6 nitrogen and oxygen atoms in total. The van der Waals surface area contributed by atoms with Crippen LogP contribution >= 0.6 is 0 Å². The quantitative estimate of drug-likeness (QED) is 0.291. The van der Waals surface area contributed by atoms with Crippen molar-refractivity contribution in [1.29, 1.82) is 0 Å². The Labute approximate surface area is 133 Å². The van der Waals surface area contributed by atoms with Crippen LogP contribution in [0.3, 0.4) is 0 Å². The molecule has 2 rings (SSSR count). The van der Waals surface area contributed by atoms with Crippen LogP contribution in [0.1, 0.15) is 32.1 Å². The molecule has 23 heavy (non-hydrogen) atoms. The van der Waals surface area contributed by atoms with Gasteiger partial charge < -0.3 is 21.0 Å². The molecule has 0 aromatic heterocycles. The number of halogens is 2. The van der Waals surface area contributed by atoms with Gasteiger partial charge in [-0.05, 0) is 37.8 Å². The number of hydrogen-bond donors (Lipinski definition) is 4. The van der Waals surface area contributed by atoms with E-state index in [0.717, 1.165) is 31.7 Å². The lowest BCUT2D eigenvalue weighted by Crippen LogP contribution is -2.32. The van der Waals surface area contributed by atoms with Crippen LogP contribution in [-0.2, 0) is 9.53 Å². The maximum absolute atomic E-state index is 11.9. The molecular weight excluding hydrogens is 308 g/mol. The van der Waals surface area contributed by atoms with Gasteiger partial charge in [0.2, 0.25) is 5.88 Å². The molecule has 1 saturated carbocycles. The van der Waals surface area contributed by atoms with Gasteiger partial charge in [-0.3, -0.25) is 5.84 Å². The minimum atomic E-state index is -1.22. The molecule has 128 valence electrons. The van der Waals surface area contributed by atoms with Crippen molar-refractivity contribution >= 4 is 5.97 Å². The summed E-state index contributed by atoms with van der Waals surface area (Å²) >= 11 is 0. The Morgan fingerprint density at radius 3 is 2.17 bits per heavy atom. The number of carboxylic acids is 1. The monoisotopic (exact) mass is 329 g/mol. The van der Waals surface area contributed by atoms with E-state index >= 15 is 0 Å². The van der Waals surface area contributed by atoms with Gasteiger partial charge in [0.25, 0.3) is 0 Å². The molecule has 1 fully saturated rings. The van der Waals surface area contributed by atoms with Crippen LogP contribution in [0.15, 0.2) is 35.8 Å². The molecule has 0 aliphatic heterocycles. The van der Waals surface area contributed by atoms with Crippen LogP contribution in [0.25, 0.3) is 0 Å². The van der Waals surface area contributed by atoms with E-state index in [2.05, 4.69) is 0 Å². The van der Waals surface area contributed by atoms with E-state index in [1.54, 1.807) is 0 Å². The molecule has 0 unspecified atom stereocenters. The predicted octanol–water partition coefficient (Wildman–Crippen LogP) is 1.98. The highest BCUT2D eigenvalue weighted by molar-refractivity contribution is 5.86. The summed E-state index contributed by atoms with van der Waals surface area (Å²) in [7, 11) is 0. The van der Waals surface area contributed by atoms with Crippen molar-refractivity contribution in [2.24, 2.45) is 11.6 Å². The first-order valence-corrected chi connectivity index (χ1v) is 7.21. The number of nitrogens with one attached hydrogen (secondary N) is 1. The van der Waals surface area contributed by atoms with E-state index in [0.29, 0.717) is 0 Å². The van der Waals surface area contributed by atoms with Gasteiger partial charge >= 0.3 is 5.97 Å². The first kappa shape index (κ1) is 18.7. The second-order valence-electron chi connectivity index (χ2n) is 5.01. The molecule has 1 aromatic carbocycles. The summed E-state index contributed by atoms with van der Waals surface area (Å²) in [5.74, 6) is 2.60. The summed E-state index contributed by atoms with van der Waals surface area (Å²) in [6.45, 7) is 0. The van der Waals surface area contributed by atoms with Gasteiger partial charge in [-0.15, -0.1) is 0 Å². The van der Waals surface area contributed by atoms with Crippen molar-refractivity contribution < 1.29 is 23.4 Å². The van der Waals surface area contributed by atoms with E-state index < -0.39 is 17.6 Å². The Kier molecular flexibility index (Phi) is 7.82. The number of rotatable bonds is 4. The zero-order chi connectivity index (χ0) is 17.2. The zero-order valence-corrected chi connectivity index (χ0v) is 12.6. The number of hydrazine groups is 1. The van der Waals surface area contributed by atoms with E-state index in [1.165, 1.54) is 24.6 Å². The summed E-state index contributed by atoms with van der Waals surface area (Å²) in [6, 6.07) is 4.55. The second kappa shape index (κ2) is 9.62. The van der Waals surface area contributed by atoms with Crippen molar-refractivity contribution in [1.82, 2.24) is 5.43 Å². The third-order valence-corrected chi connectivity index (χ3v) is 3.24. The fourth-order valence-electron chi connectivity index (χ4n) is 2.12. The molecule has 0 bridgehead atoms. The maximum Gasteiger partial charge on any atom is 0.358 e. The fraction of sp³-hybridized carbons (Fsp3) is 0.400. The standard InChI is InChI=1S/C9H17N3O3.C6H4F2/c10-8(7(12-11)9(13)14)15-6-4-2-1-3-5-6;7-5-2-1-3-6(8)4-5/h6,12H,1-5,10-11H2,(H,13,14);1-4H/b8-7+;. The SMILES string of the molecule is Fc1cccc(F)c1.NN/C(C(=O)O)=C(\N)OC1CCCCC1. The van der Waals surface area contributed by atoms with Gasteiger partial charge in [-0.1, -0.05) is 12.5 Å². The van der Waals surface area contributed by atoms with Crippen molar-refractivity contribution in [2.45, 2.75) is 38.2 Å². The molecule has 0 radical (unpaired) electrons. The Morgan fingerprint density at radius 2 is 1.78 bits per heavy atom. The Morgan fingerprint density at radius 1 is 1.22 bits per heavy atom. The van der Waals surface area contributed by atoms with Gasteiger partial charge in [0, 0.05) is 6.07 Å². The predicted molar refractivity (Wildman–Crippen MR) is 80.5 cm³/mol. The van der Waals surface area contributed by atoms with Gasteiger partial charge in [0.15, 0.2) is 5.70 Å². The van der Waals surface area contributed by atoms with Gasteiger partial charge in [-0.25, -0.2) is 13.6 Å². The Bertz CT molecular complexity index is 529. The first-order chi connectivity index (χ1) is 10.9. The first-order valence-electron chi connectivity index (χ1n) is 7.21. The van der Waals surface area contributed by atoms with Crippen LogP contribution in [0, 0.1) is 11.6 Å². The fourth-order valence-corrected chi connectivity index (χ4v) is 2.12. The maximum atomic E-state index is 11.9. The molecule has 1 aliphatic carbocycles. The summed E-state index contributed by atoms with van der Waals surface area (Å²) < 4.78 is 29.2. The summed E-state index contributed by atoms with van der Waals surface area (Å²) in [4.78, 5) is 10.7. The molecule has 1 aromatic rings. The molecule has 1 aliphatic rings. The average Bonchev–Trinajstić information content (AvgIpc) is 2.49. The van der Waals surface area contributed by atoms with Gasteiger partial charge in [-0.2, -0.15) is 0 Å². The van der Waals surface area contributed by atoms with Gasteiger partial charge in [0.1, 0.15) is 17.7 Å². The van der Waals surface area contributed by atoms with Crippen molar-refractivity contribution in [3.05, 3.63) is 47.5 Å². The normalized spacial score (nSPS) is 15.8. The number of aliphatic carboxylic acids is 1. The largest absolute Gasteiger partial charge is 0.476 e. The van der Waals surface area contributed by atoms with Crippen LogP contribution < -0.4 is 17.0 Å². The molecule has 8 heteroatoms. The van der Waals surface area contributed by atoms with Crippen LogP contribution in [0.4, 0.5) is 8.78 Å². The van der Waals surface area contributed by atoms with Crippen LogP contribution in [0.5, 0.6) is 0 Å². The lowest BCUT2D eigenvalue weighted by molar-refractivity contribution is -0.133. The van der Waals surface area contributed by atoms with Gasteiger partial charge in [0.05, 0.1) is 0 Å². The highest BCUT2D eigenvalue weighted by atomic mass is 19.1. The van der Waals surface area contributed by atoms with Crippen molar-refractivity contribution in [2.75, 3.05) is 0 Å². The van der Waals surface area contributed by atoms with E-state index in [1.807, 2.05) is 5.43 Å². The van der Waals surface area contributed by atoms with Crippen molar-refractivity contribution in [3.8, 4) is 0 Å². The summed E-state index contributed by atoms with van der Waals surface area (Å²) in [5.41, 5.74) is 7.22. The number of carbonyl (C=O) groups is 1. The average molecular weight is 329 g/mol. The minimum absolute atomic E-state index is 0.0152. The summed E-state index contributed by atoms with van der Waals surface area (Å²) in [6.07, 6.45) is 5.23. The van der Waals surface area contributed by atoms with E-state index in [9.17, 15) is 13.6 Å². The third-order valence-electron chi connectivity index (χ3n) is 3.24. The number of benzene rings is 1. The highest BCUT2D eigenvalue weighted by Crippen LogP contribution is 2.21.